The van der Waals surface area contributed by atoms with Gasteiger partial charge in [0.2, 0.25) is 11.1 Å². The molecular formula is C19H20N6O5S2. The summed E-state index contributed by atoms with van der Waals surface area (Å²) < 4.78 is 6.70. The van der Waals surface area contributed by atoms with Crippen molar-refractivity contribution in [3.05, 3.63) is 47.2 Å². The van der Waals surface area contributed by atoms with Gasteiger partial charge in [0.1, 0.15) is 16.4 Å². The van der Waals surface area contributed by atoms with Crippen molar-refractivity contribution in [1.29, 1.82) is 0 Å². The molecular weight excluding hydrogens is 456 g/mol. The highest BCUT2D eigenvalue weighted by Gasteiger charge is 2.56. The fourth-order valence-electron chi connectivity index (χ4n) is 3.49. The number of methoxy groups -OCH3 is 1. The van der Waals surface area contributed by atoms with Crippen LogP contribution in [0.25, 0.3) is 0 Å². The van der Waals surface area contributed by atoms with Crippen LogP contribution in [0.4, 0.5) is 0 Å². The lowest BCUT2D eigenvalue weighted by atomic mass is 10.0. The lowest BCUT2D eigenvalue weighted by molar-refractivity contribution is -0.162. The van der Waals surface area contributed by atoms with Crippen LogP contribution >= 0.6 is 23.5 Å². The molecule has 1 aromatic heterocycles. The number of carbonyl (C=O) groups is 3. The Hall–Kier alpha value is -2.90. The molecule has 0 bridgehead atoms. The number of hydrogen-bond acceptors (Lipinski definition) is 9. The van der Waals surface area contributed by atoms with Gasteiger partial charge >= 0.3 is 5.97 Å². The van der Waals surface area contributed by atoms with E-state index in [9.17, 15) is 19.5 Å². The quantitative estimate of drug-likeness (QED) is 0.403. The van der Waals surface area contributed by atoms with Crippen molar-refractivity contribution in [2.45, 2.75) is 28.4 Å². The first-order valence-corrected chi connectivity index (χ1v) is 11.5. The topological polar surface area (TPSA) is 140 Å². The number of rotatable bonds is 8. The lowest BCUT2D eigenvalue weighted by Gasteiger charge is -2.50. The van der Waals surface area contributed by atoms with Gasteiger partial charge in [-0.05, 0) is 16.0 Å². The summed E-state index contributed by atoms with van der Waals surface area (Å²) in [6.45, 7) is 0. The first-order chi connectivity index (χ1) is 15.4. The van der Waals surface area contributed by atoms with E-state index in [0.717, 1.165) is 5.56 Å². The van der Waals surface area contributed by atoms with E-state index in [-0.39, 0.29) is 23.8 Å². The number of aryl methyl sites for hydroxylation is 1. The average molecular weight is 477 g/mol. The highest BCUT2D eigenvalue weighted by atomic mass is 32.2. The molecule has 0 aliphatic carbocycles. The zero-order valence-corrected chi connectivity index (χ0v) is 18.8. The Balaban J connectivity index is 1.62. The molecule has 0 radical (unpaired) electrons. The van der Waals surface area contributed by atoms with Crippen LogP contribution in [0, 0.1) is 0 Å². The van der Waals surface area contributed by atoms with Gasteiger partial charge in [0, 0.05) is 25.5 Å². The van der Waals surface area contributed by atoms with E-state index in [1.807, 2.05) is 30.3 Å². The van der Waals surface area contributed by atoms with Crippen LogP contribution in [0.5, 0.6) is 0 Å². The third-order valence-electron chi connectivity index (χ3n) is 5.03. The van der Waals surface area contributed by atoms with Crippen LogP contribution < -0.4 is 5.32 Å². The number of benzene rings is 1. The monoisotopic (exact) mass is 476 g/mol. The maximum absolute atomic E-state index is 12.8. The Morgan fingerprint density at radius 3 is 2.69 bits per heavy atom. The number of amides is 2. The van der Waals surface area contributed by atoms with Gasteiger partial charge in [-0.25, -0.2) is 9.48 Å². The molecule has 1 fully saturated rings. The van der Waals surface area contributed by atoms with Gasteiger partial charge in [-0.15, -0.1) is 16.9 Å². The van der Waals surface area contributed by atoms with Gasteiger partial charge in [0.25, 0.3) is 5.91 Å². The van der Waals surface area contributed by atoms with Crippen LogP contribution in [0.15, 0.2) is 46.8 Å². The Labute approximate surface area is 191 Å². The summed E-state index contributed by atoms with van der Waals surface area (Å²) in [7, 11) is 3.07. The molecule has 1 aromatic carbocycles. The maximum atomic E-state index is 12.8. The van der Waals surface area contributed by atoms with Gasteiger partial charge in [-0.2, -0.15) is 0 Å². The number of hydrogen-bond donors (Lipinski definition) is 2. The van der Waals surface area contributed by atoms with E-state index in [1.165, 1.54) is 40.2 Å². The van der Waals surface area contributed by atoms with Crippen LogP contribution in [-0.4, -0.2) is 77.7 Å². The fraction of sp³-hybridized carbons (Fsp3) is 0.368. The van der Waals surface area contributed by atoms with Crippen LogP contribution in [-0.2, 0) is 32.6 Å². The van der Waals surface area contributed by atoms with Crippen molar-refractivity contribution in [2.24, 2.45) is 7.05 Å². The number of carboxylic acids is 1. The van der Waals surface area contributed by atoms with E-state index >= 15 is 0 Å². The number of carboxylic acid groups (broad SMARTS) is 1. The Kier molecular flexibility index (Phi) is 6.48. The van der Waals surface area contributed by atoms with Crippen LogP contribution in [0.2, 0.25) is 0 Å². The third-order valence-corrected chi connectivity index (χ3v) is 7.50. The number of tetrazole rings is 1. The molecule has 13 heteroatoms. The number of ether oxygens (including phenoxy) is 1. The predicted octanol–water partition coefficient (Wildman–Crippen LogP) is 0.256. The van der Waals surface area contributed by atoms with Gasteiger partial charge in [0.15, 0.2) is 6.10 Å². The molecule has 3 heterocycles. The van der Waals surface area contributed by atoms with Gasteiger partial charge in [-0.1, -0.05) is 42.1 Å². The van der Waals surface area contributed by atoms with Crippen molar-refractivity contribution in [1.82, 2.24) is 30.4 Å². The van der Waals surface area contributed by atoms with Crippen molar-refractivity contribution >= 4 is 41.3 Å². The number of aliphatic carboxylic acids is 1. The number of fused-ring (bicyclic) bond motifs is 1. The molecule has 4 rings (SSSR count). The average Bonchev–Trinajstić information content (AvgIpc) is 3.17. The Bertz CT molecular complexity index is 1080. The second kappa shape index (κ2) is 9.30. The molecule has 0 saturated carbocycles. The maximum Gasteiger partial charge on any atom is 0.352 e. The van der Waals surface area contributed by atoms with Crippen molar-refractivity contribution in [3.8, 4) is 0 Å². The minimum atomic E-state index is -1.24. The zero-order chi connectivity index (χ0) is 22.8. The normalized spacial score (nSPS) is 22.4. The molecule has 11 nitrogen and oxygen atoms in total. The molecule has 0 spiro atoms. The molecule has 1 saturated heterocycles. The van der Waals surface area contributed by atoms with E-state index in [2.05, 4.69) is 20.8 Å². The summed E-state index contributed by atoms with van der Waals surface area (Å²) >= 11 is 2.51. The van der Waals surface area contributed by atoms with Crippen LogP contribution in [0.1, 0.15) is 5.56 Å². The molecule has 2 aromatic rings. The Morgan fingerprint density at radius 1 is 1.31 bits per heavy atom. The first kappa shape index (κ1) is 22.3. The smallest absolute Gasteiger partial charge is 0.352 e. The van der Waals surface area contributed by atoms with E-state index in [1.54, 1.807) is 7.05 Å². The molecule has 168 valence electrons. The highest BCUT2D eigenvalue weighted by Crippen LogP contribution is 2.45. The molecule has 1 unspecified atom stereocenters. The highest BCUT2D eigenvalue weighted by molar-refractivity contribution is 8.01. The largest absolute Gasteiger partial charge is 0.477 e. The molecule has 32 heavy (non-hydrogen) atoms. The Morgan fingerprint density at radius 2 is 2.06 bits per heavy atom. The predicted molar refractivity (Wildman–Crippen MR) is 115 cm³/mol. The number of nitrogens with zero attached hydrogens (tertiary/aromatic N) is 5. The van der Waals surface area contributed by atoms with Crippen molar-refractivity contribution < 1.29 is 24.2 Å². The summed E-state index contributed by atoms with van der Waals surface area (Å²) in [6, 6.07) is 9.25. The SMILES string of the molecule is CO[C@H]1C(=O)N2C(C(=O)O)=C(CSc3nnnn3C)C(NC(=O)Cc3ccccc3)S[C@H]12. The van der Waals surface area contributed by atoms with Crippen molar-refractivity contribution in [3.63, 3.8) is 0 Å². The summed E-state index contributed by atoms with van der Waals surface area (Å²) in [4.78, 5) is 38.7. The fourth-order valence-corrected chi connectivity index (χ4v) is 6.04. The summed E-state index contributed by atoms with van der Waals surface area (Å²) in [5.74, 6) is -1.74. The number of thioether (sulfide) groups is 2. The summed E-state index contributed by atoms with van der Waals surface area (Å²) in [5.41, 5.74) is 1.10. The lowest BCUT2D eigenvalue weighted by Crippen LogP contribution is -2.67. The molecule has 2 amide bonds. The number of nitrogens with one attached hydrogen (secondary N) is 1. The van der Waals surface area contributed by atoms with Crippen molar-refractivity contribution in [2.75, 3.05) is 12.9 Å². The van der Waals surface area contributed by atoms with E-state index < -0.39 is 28.7 Å². The van der Waals surface area contributed by atoms with Gasteiger partial charge < -0.3 is 15.2 Å². The minimum Gasteiger partial charge on any atom is -0.477 e. The molecule has 2 aliphatic heterocycles. The second-order valence-electron chi connectivity index (χ2n) is 7.05. The number of carbonyl (C=O) groups excluding carboxylic acids is 2. The van der Waals surface area contributed by atoms with E-state index in [4.69, 9.17) is 4.74 Å². The van der Waals surface area contributed by atoms with Gasteiger partial charge in [0.05, 0.1) is 6.42 Å². The summed E-state index contributed by atoms with van der Waals surface area (Å²) in [5, 5.41) is 23.4. The van der Waals surface area contributed by atoms with Gasteiger partial charge in [-0.3, -0.25) is 14.5 Å². The first-order valence-electron chi connectivity index (χ1n) is 9.56. The van der Waals surface area contributed by atoms with E-state index in [0.29, 0.717) is 10.7 Å². The molecule has 3 atom stereocenters. The number of aromatic nitrogens is 4. The molecule has 2 aliphatic rings. The zero-order valence-electron chi connectivity index (χ0n) is 17.2. The number of β-lactam (4-membered cyclic amide) rings is 1. The molecule has 2 N–H and O–H groups in total. The minimum absolute atomic E-state index is 0.139. The second-order valence-corrected chi connectivity index (χ2v) is 9.22. The third kappa shape index (κ3) is 4.23. The summed E-state index contributed by atoms with van der Waals surface area (Å²) in [6.07, 6.45) is -0.616. The standard InChI is InChI=1S/C19H20N6O5S2/c1-24-19(21-22-23-24)31-9-11-13(18(28)29)25-16(27)14(30-2)17(25)32-15(11)20-12(26)8-10-6-4-3-5-7-10/h3-7,14-15,17H,8-9H2,1-2H3,(H,20,26)(H,28,29)/t14-,15?,17+/m0/s1. The van der Waals surface area contributed by atoms with Crippen LogP contribution in [0.3, 0.4) is 0 Å².